The van der Waals surface area contributed by atoms with Crippen molar-refractivity contribution in [1.29, 1.82) is 0 Å². The number of nitrogens with zero attached hydrogens (tertiary/aromatic N) is 2. The summed E-state index contributed by atoms with van der Waals surface area (Å²) >= 11 is 0. The van der Waals surface area contributed by atoms with Gasteiger partial charge in [0.05, 0.1) is 0 Å². The molecule has 0 radical (unpaired) electrons. The van der Waals surface area contributed by atoms with Gasteiger partial charge in [0, 0.05) is 19.1 Å². The monoisotopic (exact) mass is 213 g/mol. The number of nitrogens with one attached hydrogen (secondary N) is 1. The Morgan fingerprint density at radius 3 is 2.80 bits per heavy atom. The van der Waals surface area contributed by atoms with E-state index in [1.807, 2.05) is 7.05 Å². The van der Waals surface area contributed by atoms with Crippen molar-refractivity contribution < 1.29 is 0 Å². The summed E-state index contributed by atoms with van der Waals surface area (Å²) in [4.78, 5) is 4.96. The fourth-order valence-corrected chi connectivity index (χ4v) is 2.34. The minimum atomic E-state index is 0.698. The van der Waals surface area contributed by atoms with Crippen molar-refractivity contribution in [2.24, 2.45) is 5.92 Å². The summed E-state index contributed by atoms with van der Waals surface area (Å²) in [5, 5.41) is 3.22. The zero-order valence-electron chi connectivity index (χ0n) is 10.8. The third-order valence-corrected chi connectivity index (χ3v) is 3.60. The number of hydrogen-bond donors (Lipinski definition) is 1. The second kappa shape index (κ2) is 6.46. The SMILES string of the molecule is CNCCC(C)N(C)CC1CCN(C)C1. The van der Waals surface area contributed by atoms with Crippen LogP contribution in [0.25, 0.3) is 0 Å². The first-order valence-electron chi connectivity index (χ1n) is 6.17. The van der Waals surface area contributed by atoms with Crippen LogP contribution < -0.4 is 5.32 Å². The topological polar surface area (TPSA) is 18.5 Å². The quantitative estimate of drug-likeness (QED) is 0.706. The molecule has 3 heteroatoms. The van der Waals surface area contributed by atoms with Crippen LogP contribution in [0.1, 0.15) is 19.8 Å². The van der Waals surface area contributed by atoms with Crippen LogP contribution in [0, 0.1) is 5.92 Å². The minimum absolute atomic E-state index is 0.698. The Labute approximate surface area is 94.8 Å². The van der Waals surface area contributed by atoms with E-state index in [0.717, 1.165) is 12.5 Å². The average molecular weight is 213 g/mol. The van der Waals surface area contributed by atoms with E-state index in [-0.39, 0.29) is 0 Å². The smallest absolute Gasteiger partial charge is 0.00760 e. The average Bonchev–Trinajstić information content (AvgIpc) is 2.60. The molecule has 0 aromatic carbocycles. The van der Waals surface area contributed by atoms with Gasteiger partial charge in [-0.2, -0.15) is 0 Å². The van der Waals surface area contributed by atoms with Gasteiger partial charge in [0.25, 0.3) is 0 Å². The molecule has 0 aromatic heterocycles. The Morgan fingerprint density at radius 2 is 2.27 bits per heavy atom. The molecule has 2 atom stereocenters. The summed E-state index contributed by atoms with van der Waals surface area (Å²) in [6, 6.07) is 0.698. The maximum atomic E-state index is 3.22. The van der Waals surface area contributed by atoms with Gasteiger partial charge in [-0.3, -0.25) is 0 Å². The molecule has 0 amide bonds. The molecule has 3 nitrogen and oxygen atoms in total. The molecule has 0 spiro atoms. The van der Waals surface area contributed by atoms with Gasteiger partial charge < -0.3 is 15.1 Å². The van der Waals surface area contributed by atoms with E-state index < -0.39 is 0 Å². The Morgan fingerprint density at radius 1 is 1.53 bits per heavy atom. The van der Waals surface area contributed by atoms with E-state index in [1.165, 1.54) is 32.5 Å². The predicted molar refractivity (Wildman–Crippen MR) is 66.2 cm³/mol. The normalized spacial score (nSPS) is 25.0. The van der Waals surface area contributed by atoms with Gasteiger partial charge in [-0.15, -0.1) is 0 Å². The van der Waals surface area contributed by atoms with Crippen molar-refractivity contribution in [3.63, 3.8) is 0 Å². The van der Waals surface area contributed by atoms with E-state index in [0.29, 0.717) is 6.04 Å². The molecule has 1 N–H and O–H groups in total. The summed E-state index contributed by atoms with van der Waals surface area (Å²) < 4.78 is 0. The number of likely N-dealkylation sites (tertiary alicyclic amines) is 1. The Bertz CT molecular complexity index is 172. The van der Waals surface area contributed by atoms with Crippen LogP contribution in [0.2, 0.25) is 0 Å². The maximum Gasteiger partial charge on any atom is 0.00760 e. The molecular weight excluding hydrogens is 186 g/mol. The van der Waals surface area contributed by atoms with Gasteiger partial charge in [0.1, 0.15) is 0 Å². The molecule has 0 saturated carbocycles. The van der Waals surface area contributed by atoms with Crippen LogP contribution in [0.3, 0.4) is 0 Å². The van der Waals surface area contributed by atoms with Crippen molar-refractivity contribution in [3.05, 3.63) is 0 Å². The lowest BCUT2D eigenvalue weighted by molar-refractivity contribution is 0.209. The van der Waals surface area contributed by atoms with E-state index >= 15 is 0 Å². The molecule has 15 heavy (non-hydrogen) atoms. The van der Waals surface area contributed by atoms with Crippen LogP contribution in [0.5, 0.6) is 0 Å². The lowest BCUT2D eigenvalue weighted by atomic mass is 10.1. The van der Waals surface area contributed by atoms with E-state index in [4.69, 9.17) is 0 Å². The van der Waals surface area contributed by atoms with Crippen LogP contribution in [-0.2, 0) is 0 Å². The summed E-state index contributed by atoms with van der Waals surface area (Å²) in [6.45, 7) is 7.27. The summed E-state index contributed by atoms with van der Waals surface area (Å²) in [5.41, 5.74) is 0. The van der Waals surface area contributed by atoms with E-state index in [9.17, 15) is 0 Å². The largest absolute Gasteiger partial charge is 0.320 e. The summed E-state index contributed by atoms with van der Waals surface area (Å²) in [7, 11) is 6.52. The minimum Gasteiger partial charge on any atom is -0.320 e. The fourth-order valence-electron chi connectivity index (χ4n) is 2.34. The Kier molecular flexibility index (Phi) is 5.58. The molecule has 1 aliphatic rings. The molecular formula is C12H27N3. The highest BCUT2D eigenvalue weighted by atomic mass is 15.2. The molecule has 0 aliphatic carbocycles. The van der Waals surface area contributed by atoms with Crippen LogP contribution >= 0.6 is 0 Å². The Balaban J connectivity index is 2.19. The first-order chi connectivity index (χ1) is 7.13. The zero-order chi connectivity index (χ0) is 11.3. The Hall–Kier alpha value is -0.120. The molecule has 0 bridgehead atoms. The molecule has 1 aliphatic heterocycles. The van der Waals surface area contributed by atoms with E-state index in [1.54, 1.807) is 0 Å². The zero-order valence-corrected chi connectivity index (χ0v) is 10.8. The van der Waals surface area contributed by atoms with Crippen molar-refractivity contribution in [2.45, 2.75) is 25.8 Å². The first-order valence-corrected chi connectivity index (χ1v) is 6.17. The van der Waals surface area contributed by atoms with Crippen LogP contribution in [-0.4, -0.2) is 63.2 Å². The van der Waals surface area contributed by atoms with E-state index in [2.05, 4.69) is 36.1 Å². The highest BCUT2D eigenvalue weighted by Crippen LogP contribution is 2.16. The standard InChI is InChI=1S/C12H27N3/c1-11(5-7-13-2)15(4)10-12-6-8-14(3)9-12/h11-13H,5-10H2,1-4H3. The van der Waals surface area contributed by atoms with Gasteiger partial charge in [-0.1, -0.05) is 0 Å². The summed E-state index contributed by atoms with van der Waals surface area (Å²) in [5.74, 6) is 0.886. The molecule has 1 rings (SSSR count). The second-order valence-electron chi connectivity index (χ2n) is 5.10. The lowest BCUT2D eigenvalue weighted by Gasteiger charge is -2.27. The number of hydrogen-bond acceptors (Lipinski definition) is 3. The van der Waals surface area contributed by atoms with Crippen molar-refractivity contribution in [2.75, 3.05) is 47.3 Å². The van der Waals surface area contributed by atoms with Gasteiger partial charge >= 0.3 is 0 Å². The highest BCUT2D eigenvalue weighted by Gasteiger charge is 2.22. The van der Waals surface area contributed by atoms with Gasteiger partial charge in [-0.05, 0) is 59.9 Å². The molecule has 2 unspecified atom stereocenters. The molecule has 1 saturated heterocycles. The molecule has 1 fully saturated rings. The molecule has 0 aromatic rings. The first kappa shape index (κ1) is 12.9. The van der Waals surface area contributed by atoms with Crippen LogP contribution in [0.4, 0.5) is 0 Å². The lowest BCUT2D eigenvalue weighted by Crippen LogP contribution is -2.36. The van der Waals surface area contributed by atoms with Gasteiger partial charge in [-0.25, -0.2) is 0 Å². The third-order valence-electron chi connectivity index (χ3n) is 3.60. The maximum absolute atomic E-state index is 3.22. The molecule has 1 heterocycles. The van der Waals surface area contributed by atoms with Crippen molar-refractivity contribution >= 4 is 0 Å². The van der Waals surface area contributed by atoms with Gasteiger partial charge in [0.15, 0.2) is 0 Å². The second-order valence-corrected chi connectivity index (χ2v) is 5.10. The predicted octanol–water partition coefficient (Wildman–Crippen LogP) is 0.868. The fraction of sp³-hybridized carbons (Fsp3) is 1.00. The van der Waals surface area contributed by atoms with Crippen molar-refractivity contribution in [3.8, 4) is 0 Å². The summed E-state index contributed by atoms with van der Waals surface area (Å²) in [6.07, 6.45) is 2.62. The number of rotatable bonds is 6. The highest BCUT2D eigenvalue weighted by molar-refractivity contribution is 4.77. The third kappa shape index (κ3) is 4.49. The van der Waals surface area contributed by atoms with Crippen LogP contribution in [0.15, 0.2) is 0 Å². The van der Waals surface area contributed by atoms with Gasteiger partial charge in [0.2, 0.25) is 0 Å². The molecule has 90 valence electrons. The van der Waals surface area contributed by atoms with Crippen molar-refractivity contribution in [1.82, 2.24) is 15.1 Å².